The Labute approximate surface area is 155 Å². The van der Waals surface area contributed by atoms with E-state index < -0.39 is 0 Å². The van der Waals surface area contributed by atoms with Gasteiger partial charge in [-0.25, -0.2) is 4.98 Å². The second-order valence-electron chi connectivity index (χ2n) is 6.74. The summed E-state index contributed by atoms with van der Waals surface area (Å²) < 4.78 is 0. The lowest BCUT2D eigenvalue weighted by atomic mass is 9.97. The van der Waals surface area contributed by atoms with Crippen molar-refractivity contribution in [1.82, 2.24) is 15.6 Å². The zero-order valence-corrected chi connectivity index (χ0v) is 15.7. The predicted octanol–water partition coefficient (Wildman–Crippen LogP) is 3.37. The Balaban J connectivity index is 1.45. The smallest absolute Gasteiger partial charge is 0.191 e. The molecule has 1 aromatic rings. The third-order valence-corrected chi connectivity index (χ3v) is 5.21. The summed E-state index contributed by atoms with van der Waals surface area (Å²) in [5.41, 5.74) is 1.59. The molecule has 0 bridgehead atoms. The fourth-order valence-corrected chi connectivity index (χ4v) is 3.78. The van der Waals surface area contributed by atoms with Crippen LogP contribution in [0.2, 0.25) is 5.02 Å². The predicted molar refractivity (Wildman–Crippen MR) is 106 cm³/mol. The standard InChI is InChI=1S/C19H28ClN5/c1-21-19(23-12-9-15-6-3-2-4-7-15)24-16-10-13-25(14-16)18-17(20)8-5-11-22-18/h5-6,8,11,16H,2-4,7,9-10,12-14H2,1H3,(H2,21,23,24). The first kappa shape index (κ1) is 18.1. The van der Waals surface area contributed by atoms with Gasteiger partial charge in [0.15, 0.2) is 5.96 Å². The fraction of sp³-hybridized carbons (Fsp3) is 0.579. The fourth-order valence-electron chi connectivity index (χ4n) is 3.54. The summed E-state index contributed by atoms with van der Waals surface area (Å²) in [5, 5.41) is 7.69. The van der Waals surface area contributed by atoms with Gasteiger partial charge in [-0.15, -0.1) is 0 Å². The Hall–Kier alpha value is -1.75. The van der Waals surface area contributed by atoms with E-state index in [1.807, 2.05) is 19.2 Å². The first-order valence-corrected chi connectivity index (χ1v) is 9.64. The second kappa shape index (κ2) is 9.09. The molecule has 0 aromatic carbocycles. The van der Waals surface area contributed by atoms with Gasteiger partial charge >= 0.3 is 0 Å². The molecule has 0 radical (unpaired) electrons. The molecule has 2 aliphatic rings. The third-order valence-electron chi connectivity index (χ3n) is 4.91. The third kappa shape index (κ3) is 5.11. The average Bonchev–Trinajstić information content (AvgIpc) is 3.10. The molecule has 3 rings (SSSR count). The van der Waals surface area contributed by atoms with Crippen LogP contribution in [0.1, 0.15) is 38.5 Å². The van der Waals surface area contributed by atoms with Crippen molar-refractivity contribution in [3.63, 3.8) is 0 Å². The zero-order valence-electron chi connectivity index (χ0n) is 15.0. The molecule has 6 heteroatoms. The molecular weight excluding hydrogens is 334 g/mol. The Morgan fingerprint density at radius 3 is 3.12 bits per heavy atom. The van der Waals surface area contributed by atoms with Gasteiger partial charge in [0.05, 0.1) is 5.02 Å². The summed E-state index contributed by atoms with van der Waals surface area (Å²) in [5.74, 6) is 1.76. The molecule has 1 saturated heterocycles. The molecule has 1 unspecified atom stereocenters. The number of anilines is 1. The largest absolute Gasteiger partial charge is 0.356 e. The number of guanidine groups is 1. The van der Waals surface area contributed by atoms with E-state index in [1.54, 1.807) is 11.8 Å². The summed E-state index contributed by atoms with van der Waals surface area (Å²) in [6.07, 6.45) is 11.6. The minimum atomic E-state index is 0.359. The number of allylic oxidation sites excluding steroid dienone is 1. The van der Waals surface area contributed by atoms with Crippen molar-refractivity contribution < 1.29 is 0 Å². The number of rotatable bonds is 5. The number of nitrogens with one attached hydrogen (secondary N) is 2. The molecule has 25 heavy (non-hydrogen) atoms. The van der Waals surface area contributed by atoms with Crippen LogP contribution < -0.4 is 15.5 Å². The first-order chi connectivity index (χ1) is 12.3. The van der Waals surface area contributed by atoms with Crippen LogP contribution in [0.4, 0.5) is 5.82 Å². The van der Waals surface area contributed by atoms with Crippen LogP contribution in [0.15, 0.2) is 35.0 Å². The number of nitrogens with zero attached hydrogens (tertiary/aromatic N) is 3. The van der Waals surface area contributed by atoms with Gasteiger partial charge < -0.3 is 15.5 Å². The van der Waals surface area contributed by atoms with Gasteiger partial charge in [-0.05, 0) is 50.7 Å². The SMILES string of the molecule is CN=C(NCCC1=CCCCC1)NC1CCN(c2ncccc2Cl)C1. The molecule has 0 amide bonds. The highest BCUT2D eigenvalue weighted by molar-refractivity contribution is 6.32. The molecule has 5 nitrogen and oxygen atoms in total. The van der Waals surface area contributed by atoms with Crippen molar-refractivity contribution in [2.24, 2.45) is 4.99 Å². The molecule has 136 valence electrons. The number of pyridine rings is 1. The molecular formula is C19H28ClN5. The number of hydrogen-bond donors (Lipinski definition) is 2. The Morgan fingerprint density at radius 2 is 2.36 bits per heavy atom. The van der Waals surface area contributed by atoms with Crippen molar-refractivity contribution >= 4 is 23.4 Å². The highest BCUT2D eigenvalue weighted by Crippen LogP contribution is 2.25. The van der Waals surface area contributed by atoms with Crippen LogP contribution in [0.3, 0.4) is 0 Å². The molecule has 1 aliphatic carbocycles. The summed E-state index contributed by atoms with van der Waals surface area (Å²) in [4.78, 5) is 11.0. The number of aromatic nitrogens is 1. The van der Waals surface area contributed by atoms with Crippen LogP contribution in [-0.4, -0.2) is 43.7 Å². The van der Waals surface area contributed by atoms with E-state index in [-0.39, 0.29) is 0 Å². The lowest BCUT2D eigenvalue weighted by molar-refractivity contribution is 0.638. The highest BCUT2D eigenvalue weighted by atomic mass is 35.5. The van der Waals surface area contributed by atoms with Gasteiger partial charge in [0.25, 0.3) is 0 Å². The first-order valence-electron chi connectivity index (χ1n) is 9.27. The van der Waals surface area contributed by atoms with Crippen molar-refractivity contribution in [2.75, 3.05) is 31.6 Å². The van der Waals surface area contributed by atoms with Crippen molar-refractivity contribution in [2.45, 2.75) is 44.6 Å². The number of aliphatic imine (C=N–C) groups is 1. The Morgan fingerprint density at radius 1 is 1.44 bits per heavy atom. The second-order valence-corrected chi connectivity index (χ2v) is 7.15. The van der Waals surface area contributed by atoms with E-state index >= 15 is 0 Å². The van der Waals surface area contributed by atoms with E-state index in [0.29, 0.717) is 11.1 Å². The molecule has 1 aliphatic heterocycles. The van der Waals surface area contributed by atoms with Crippen LogP contribution in [0.5, 0.6) is 0 Å². The van der Waals surface area contributed by atoms with Gasteiger partial charge in [0.1, 0.15) is 5.82 Å². The number of hydrogen-bond acceptors (Lipinski definition) is 3. The maximum absolute atomic E-state index is 6.26. The zero-order chi connectivity index (χ0) is 17.5. The molecule has 0 spiro atoms. The molecule has 1 atom stereocenters. The van der Waals surface area contributed by atoms with Gasteiger partial charge in [0.2, 0.25) is 0 Å². The van der Waals surface area contributed by atoms with E-state index in [2.05, 4.69) is 31.6 Å². The van der Waals surface area contributed by atoms with Gasteiger partial charge in [-0.2, -0.15) is 0 Å². The average molecular weight is 362 g/mol. The monoisotopic (exact) mass is 361 g/mol. The lowest BCUT2D eigenvalue weighted by Gasteiger charge is -2.20. The van der Waals surface area contributed by atoms with E-state index in [9.17, 15) is 0 Å². The normalized spacial score (nSPS) is 21.2. The summed E-state index contributed by atoms with van der Waals surface area (Å²) >= 11 is 6.26. The molecule has 1 fully saturated rings. The Kier molecular flexibility index (Phi) is 6.56. The van der Waals surface area contributed by atoms with Gasteiger partial charge in [-0.1, -0.05) is 23.3 Å². The lowest BCUT2D eigenvalue weighted by Crippen LogP contribution is -2.45. The number of halogens is 1. The maximum atomic E-state index is 6.26. The molecule has 2 heterocycles. The minimum Gasteiger partial charge on any atom is -0.356 e. The highest BCUT2D eigenvalue weighted by Gasteiger charge is 2.25. The van der Waals surface area contributed by atoms with Crippen LogP contribution in [0, 0.1) is 0 Å². The summed E-state index contributed by atoms with van der Waals surface area (Å²) in [6.45, 7) is 2.79. The van der Waals surface area contributed by atoms with Gasteiger partial charge in [-0.3, -0.25) is 4.99 Å². The molecule has 1 aromatic heterocycles. The van der Waals surface area contributed by atoms with Crippen LogP contribution >= 0.6 is 11.6 Å². The van der Waals surface area contributed by atoms with Gasteiger partial charge in [0, 0.05) is 38.9 Å². The Bertz CT molecular complexity index is 628. The molecule has 0 saturated carbocycles. The van der Waals surface area contributed by atoms with E-state index in [1.165, 1.54) is 25.7 Å². The molecule has 2 N–H and O–H groups in total. The minimum absolute atomic E-state index is 0.359. The quantitative estimate of drug-likeness (QED) is 0.479. The van der Waals surface area contributed by atoms with Crippen molar-refractivity contribution in [1.29, 1.82) is 0 Å². The van der Waals surface area contributed by atoms with Crippen molar-refractivity contribution in [3.8, 4) is 0 Å². The topological polar surface area (TPSA) is 52.6 Å². The van der Waals surface area contributed by atoms with E-state index in [0.717, 1.165) is 44.3 Å². The van der Waals surface area contributed by atoms with Crippen LogP contribution in [0.25, 0.3) is 0 Å². The van der Waals surface area contributed by atoms with Crippen molar-refractivity contribution in [3.05, 3.63) is 35.0 Å². The summed E-state index contributed by atoms with van der Waals surface area (Å²) in [7, 11) is 1.83. The van der Waals surface area contributed by atoms with E-state index in [4.69, 9.17) is 11.6 Å². The summed E-state index contributed by atoms with van der Waals surface area (Å²) in [6, 6.07) is 4.12. The van der Waals surface area contributed by atoms with Crippen LogP contribution in [-0.2, 0) is 0 Å². The maximum Gasteiger partial charge on any atom is 0.191 e.